The second-order valence-corrected chi connectivity index (χ2v) is 15.7. The third-order valence-electron chi connectivity index (χ3n) is 9.25. The van der Waals surface area contributed by atoms with Gasteiger partial charge in [-0.1, -0.05) is 57.2 Å². The predicted octanol–water partition coefficient (Wildman–Crippen LogP) is 6.10. The first-order valence-corrected chi connectivity index (χ1v) is 19.0. The zero-order chi connectivity index (χ0) is 35.0. The van der Waals surface area contributed by atoms with Gasteiger partial charge < -0.3 is 28.6 Å². The summed E-state index contributed by atoms with van der Waals surface area (Å²) in [5, 5.41) is 13.0. The topological polar surface area (TPSA) is 147 Å². The largest absolute Gasteiger partial charge is 0.462 e. The highest BCUT2D eigenvalue weighted by Gasteiger charge is 2.44. The van der Waals surface area contributed by atoms with Crippen LogP contribution in [0.3, 0.4) is 0 Å². The Labute approximate surface area is 284 Å². The molecule has 1 saturated heterocycles. The minimum absolute atomic E-state index is 0.0173. The molecular weight excluding hydrogens is 637 g/mol. The van der Waals surface area contributed by atoms with Crippen molar-refractivity contribution in [2.75, 3.05) is 6.35 Å². The van der Waals surface area contributed by atoms with Gasteiger partial charge in [0.05, 0.1) is 30.7 Å². The lowest BCUT2D eigenvalue weighted by Crippen LogP contribution is -2.44. The molecular formula is C36H52NO10P. The van der Waals surface area contributed by atoms with E-state index in [2.05, 4.69) is 18.1 Å². The van der Waals surface area contributed by atoms with Crippen molar-refractivity contribution in [3.8, 4) is 5.75 Å². The Morgan fingerprint density at radius 2 is 1.81 bits per heavy atom. The molecule has 0 saturated carbocycles. The molecule has 0 aromatic heterocycles. The summed E-state index contributed by atoms with van der Waals surface area (Å²) >= 11 is 0. The number of aliphatic hydroxyl groups excluding tert-OH is 1. The minimum atomic E-state index is -3.81. The number of rotatable bonds is 15. The van der Waals surface area contributed by atoms with Gasteiger partial charge in [-0.2, -0.15) is 0 Å². The lowest BCUT2D eigenvalue weighted by atomic mass is 9.66. The number of aliphatic hydroxyl groups is 1. The number of fused-ring (bicyclic) bond motifs is 1. The zero-order valence-corrected chi connectivity index (χ0v) is 29.8. The summed E-state index contributed by atoms with van der Waals surface area (Å²) in [4.78, 5) is 37.7. The average molecular weight is 690 g/mol. The first-order valence-electron chi connectivity index (χ1n) is 17.2. The Hall–Kier alpha value is -2.98. The molecule has 0 amide bonds. The van der Waals surface area contributed by atoms with Crippen LogP contribution in [-0.2, 0) is 37.9 Å². The number of nitrogens with one attached hydrogen (secondary N) is 1. The highest BCUT2D eigenvalue weighted by Crippen LogP contribution is 2.47. The van der Waals surface area contributed by atoms with Crippen molar-refractivity contribution in [1.29, 1.82) is 0 Å². The molecule has 1 heterocycles. The van der Waals surface area contributed by atoms with E-state index in [1.165, 1.54) is 0 Å². The first-order chi connectivity index (χ1) is 22.8. The number of carbonyl (C=O) groups is 3. The van der Waals surface area contributed by atoms with Crippen LogP contribution in [0.5, 0.6) is 5.75 Å². The fraction of sp³-hybridized carbons (Fsp3) is 0.639. The average Bonchev–Trinajstić information content (AvgIpc) is 3.02. The molecule has 11 nitrogen and oxygen atoms in total. The Balaban J connectivity index is 1.56. The van der Waals surface area contributed by atoms with Crippen LogP contribution in [-0.4, -0.2) is 65.9 Å². The molecule has 12 heteroatoms. The molecule has 0 radical (unpaired) electrons. The Kier molecular flexibility index (Phi) is 13.5. The molecule has 266 valence electrons. The molecule has 1 fully saturated rings. The molecule has 2 aliphatic carbocycles. The van der Waals surface area contributed by atoms with Crippen molar-refractivity contribution in [2.45, 2.75) is 117 Å². The molecule has 1 aromatic rings. The smallest absolute Gasteiger partial charge is 0.342 e. The van der Waals surface area contributed by atoms with E-state index >= 15 is 0 Å². The lowest BCUT2D eigenvalue weighted by Gasteiger charge is -2.44. The van der Waals surface area contributed by atoms with Gasteiger partial charge in [0.15, 0.2) is 0 Å². The van der Waals surface area contributed by atoms with Gasteiger partial charge in [-0.15, -0.1) is 0 Å². The van der Waals surface area contributed by atoms with Crippen molar-refractivity contribution >= 4 is 25.4 Å². The molecule has 2 N–H and O–H groups in total. The molecule has 1 aromatic carbocycles. The number of cyclic esters (lactones) is 1. The fourth-order valence-electron chi connectivity index (χ4n) is 6.55. The van der Waals surface area contributed by atoms with E-state index < -0.39 is 37.8 Å². The molecule has 48 heavy (non-hydrogen) atoms. The van der Waals surface area contributed by atoms with E-state index in [9.17, 15) is 24.1 Å². The Bertz CT molecular complexity index is 1360. The number of hydrogen-bond donors (Lipinski definition) is 2. The summed E-state index contributed by atoms with van der Waals surface area (Å²) in [5.74, 6) is -1.05. The zero-order valence-electron chi connectivity index (χ0n) is 28.9. The molecule has 1 aliphatic heterocycles. The maximum absolute atomic E-state index is 14.2. The fourth-order valence-corrected chi connectivity index (χ4v) is 8.28. The van der Waals surface area contributed by atoms with Gasteiger partial charge in [-0.05, 0) is 69.6 Å². The van der Waals surface area contributed by atoms with Gasteiger partial charge >= 0.3 is 25.4 Å². The summed E-state index contributed by atoms with van der Waals surface area (Å²) < 4.78 is 43.5. The Morgan fingerprint density at radius 3 is 2.48 bits per heavy atom. The van der Waals surface area contributed by atoms with Crippen molar-refractivity contribution in [3.63, 3.8) is 0 Å². The van der Waals surface area contributed by atoms with Crippen LogP contribution in [0.2, 0.25) is 0 Å². The van der Waals surface area contributed by atoms with Gasteiger partial charge in [-0.25, -0.2) is 5.09 Å². The first kappa shape index (κ1) is 37.8. The van der Waals surface area contributed by atoms with Crippen LogP contribution in [0.4, 0.5) is 0 Å². The second kappa shape index (κ2) is 17.1. The maximum atomic E-state index is 14.2. The van der Waals surface area contributed by atoms with E-state index in [1.807, 2.05) is 32.1 Å². The van der Waals surface area contributed by atoms with Gasteiger partial charge in [0.1, 0.15) is 30.3 Å². The van der Waals surface area contributed by atoms with E-state index in [4.69, 9.17) is 23.5 Å². The summed E-state index contributed by atoms with van der Waals surface area (Å²) in [6.07, 6.45) is 5.99. The van der Waals surface area contributed by atoms with Crippen LogP contribution in [0.25, 0.3) is 0 Å². The predicted molar refractivity (Wildman–Crippen MR) is 180 cm³/mol. The van der Waals surface area contributed by atoms with Crippen molar-refractivity contribution < 1.29 is 47.5 Å². The van der Waals surface area contributed by atoms with Crippen molar-refractivity contribution in [2.24, 2.45) is 23.7 Å². The molecule has 0 bridgehead atoms. The SMILES string of the molecule is CC[C@H](C)C(=O)O[C@H]1C[C@H](OCP(=O)(N[C@@H](C)C(=O)OC(C)C)Oc2ccccc2)C=C2C=C[C@H](C)[C@H](CC[C@@H]3C[C@@H](O)CC(=O)O3)[C@H]21. The van der Waals surface area contributed by atoms with Crippen molar-refractivity contribution in [1.82, 2.24) is 5.09 Å². The number of carbonyl (C=O) groups excluding carboxylic acids is 3. The number of para-hydroxylation sites is 1. The monoisotopic (exact) mass is 689 g/mol. The van der Waals surface area contributed by atoms with Crippen molar-refractivity contribution in [3.05, 3.63) is 54.1 Å². The quantitative estimate of drug-likeness (QED) is 0.125. The normalized spacial score (nSPS) is 29.5. The lowest BCUT2D eigenvalue weighted by molar-refractivity contribution is -0.163. The van der Waals surface area contributed by atoms with E-state index in [1.54, 1.807) is 45.0 Å². The highest BCUT2D eigenvalue weighted by atomic mass is 31.2. The summed E-state index contributed by atoms with van der Waals surface area (Å²) in [7, 11) is -3.81. The van der Waals surface area contributed by atoms with Gasteiger partial charge in [0.2, 0.25) is 0 Å². The third-order valence-corrected chi connectivity index (χ3v) is 11.0. The Morgan fingerprint density at radius 1 is 1.08 bits per heavy atom. The summed E-state index contributed by atoms with van der Waals surface area (Å²) in [5.41, 5.74) is 0.956. The maximum Gasteiger partial charge on any atom is 0.342 e. The molecule has 1 unspecified atom stereocenters. The van der Waals surface area contributed by atoms with E-state index in [0.717, 1.165) is 5.57 Å². The highest BCUT2D eigenvalue weighted by molar-refractivity contribution is 7.57. The van der Waals surface area contributed by atoms with Crippen LogP contribution >= 0.6 is 7.52 Å². The van der Waals surface area contributed by atoms with Crippen LogP contribution in [0.1, 0.15) is 80.1 Å². The number of benzene rings is 1. The van der Waals surface area contributed by atoms with Gasteiger partial charge in [-0.3, -0.25) is 18.9 Å². The number of allylic oxidation sites excluding steroid dienone is 2. The summed E-state index contributed by atoms with van der Waals surface area (Å²) in [6.45, 7) is 10.9. The van der Waals surface area contributed by atoms with Crippen LogP contribution < -0.4 is 9.61 Å². The number of hydrogen-bond acceptors (Lipinski definition) is 10. The number of esters is 3. The third kappa shape index (κ3) is 10.5. The molecule has 10 atom stereocenters. The van der Waals surface area contributed by atoms with Crippen LogP contribution in [0.15, 0.2) is 54.1 Å². The summed E-state index contributed by atoms with van der Waals surface area (Å²) in [6, 6.07) is 7.74. The van der Waals surface area contributed by atoms with E-state index in [-0.39, 0.29) is 60.6 Å². The van der Waals surface area contributed by atoms with Gasteiger partial charge in [0, 0.05) is 18.8 Å². The van der Waals surface area contributed by atoms with E-state index in [0.29, 0.717) is 37.9 Å². The molecule has 0 spiro atoms. The molecule has 4 rings (SSSR count). The number of ether oxygens (including phenoxy) is 4. The second-order valence-electron chi connectivity index (χ2n) is 13.6. The van der Waals surface area contributed by atoms with Crippen LogP contribution in [0, 0.1) is 23.7 Å². The minimum Gasteiger partial charge on any atom is -0.462 e. The van der Waals surface area contributed by atoms with Gasteiger partial charge in [0.25, 0.3) is 0 Å². The standard InChI is InChI=1S/C36H52NO10P/c1-7-23(4)35(40)46-32-20-30(17-26-14-13-24(5)31(34(26)32)16-15-29-18-27(38)19-33(39)45-29)43-21-48(42,47-28-11-9-8-10-12-28)37-25(6)36(41)44-22(2)3/h8-14,17,22-25,27,29-32,34,38H,7,15-16,18-21H2,1-6H3,(H,37,42)/t23-,24-,25-,27+,29+,30+,31-,32-,34-,48?/m0/s1. The molecule has 3 aliphatic rings.